The number of rotatable bonds is 4. The van der Waals surface area contributed by atoms with Gasteiger partial charge in [-0.2, -0.15) is 0 Å². The van der Waals surface area contributed by atoms with Gasteiger partial charge in [-0.1, -0.05) is 18.2 Å². The van der Waals surface area contributed by atoms with Gasteiger partial charge in [0.25, 0.3) is 0 Å². The van der Waals surface area contributed by atoms with Crippen LogP contribution in [0.4, 0.5) is 0 Å². The zero-order chi connectivity index (χ0) is 13.9. The van der Waals surface area contributed by atoms with Gasteiger partial charge in [0, 0.05) is 6.04 Å². The summed E-state index contributed by atoms with van der Waals surface area (Å²) in [6.07, 6.45) is 0. The number of carbonyl (C=O) groups excluding carboxylic acids is 1. The molecule has 1 N–H and O–H groups in total. The Morgan fingerprint density at radius 3 is 2.39 bits per heavy atom. The van der Waals surface area contributed by atoms with E-state index in [0.717, 1.165) is 0 Å². The van der Waals surface area contributed by atoms with E-state index < -0.39 is 5.54 Å². The van der Waals surface area contributed by atoms with Crippen LogP contribution in [0.2, 0.25) is 0 Å². The molecular formula is C15H23NO2. The molecule has 1 aromatic rings. The molecule has 0 spiro atoms. The number of esters is 1. The molecule has 0 heterocycles. The number of hydrogen-bond acceptors (Lipinski definition) is 3. The van der Waals surface area contributed by atoms with Crippen molar-refractivity contribution in [2.45, 2.75) is 46.2 Å². The first kappa shape index (κ1) is 14.7. The van der Waals surface area contributed by atoms with Crippen LogP contribution in [0.25, 0.3) is 0 Å². The lowest BCUT2D eigenvalue weighted by molar-refractivity contribution is -0.147. The van der Waals surface area contributed by atoms with Crippen LogP contribution < -0.4 is 5.32 Å². The molecule has 100 valence electrons. The predicted molar refractivity (Wildman–Crippen MR) is 73.6 cm³/mol. The van der Waals surface area contributed by atoms with Gasteiger partial charge in [0.1, 0.15) is 5.54 Å². The van der Waals surface area contributed by atoms with Crippen molar-refractivity contribution in [2.24, 2.45) is 0 Å². The van der Waals surface area contributed by atoms with E-state index >= 15 is 0 Å². The number of aryl methyl sites for hydroxylation is 2. The minimum atomic E-state index is -0.688. The second-order valence-electron chi connectivity index (χ2n) is 5.33. The molecule has 0 saturated heterocycles. The first-order valence-electron chi connectivity index (χ1n) is 6.21. The monoisotopic (exact) mass is 249 g/mol. The molecule has 1 atom stereocenters. The van der Waals surface area contributed by atoms with Gasteiger partial charge in [0.2, 0.25) is 0 Å². The highest BCUT2D eigenvalue weighted by Crippen LogP contribution is 2.20. The Balaban J connectivity index is 2.85. The average molecular weight is 249 g/mol. The van der Waals surface area contributed by atoms with E-state index in [1.54, 1.807) is 0 Å². The zero-order valence-electron chi connectivity index (χ0n) is 12.1. The van der Waals surface area contributed by atoms with Crippen LogP contribution in [0.1, 0.15) is 43.5 Å². The maximum absolute atomic E-state index is 11.6. The molecule has 0 aliphatic heterocycles. The quantitative estimate of drug-likeness (QED) is 0.834. The molecule has 0 aliphatic carbocycles. The number of benzene rings is 1. The number of carbonyl (C=O) groups is 1. The highest BCUT2D eigenvalue weighted by Gasteiger charge is 2.30. The third-order valence-corrected chi connectivity index (χ3v) is 3.30. The van der Waals surface area contributed by atoms with E-state index in [2.05, 4.69) is 44.3 Å². The molecule has 3 heteroatoms. The van der Waals surface area contributed by atoms with Crippen molar-refractivity contribution in [2.75, 3.05) is 7.11 Å². The van der Waals surface area contributed by atoms with E-state index in [-0.39, 0.29) is 12.0 Å². The van der Waals surface area contributed by atoms with Crippen LogP contribution in [0, 0.1) is 13.8 Å². The first-order valence-corrected chi connectivity index (χ1v) is 6.21. The van der Waals surface area contributed by atoms with Gasteiger partial charge in [-0.3, -0.25) is 10.1 Å². The lowest BCUT2D eigenvalue weighted by Crippen LogP contribution is -2.48. The van der Waals surface area contributed by atoms with Gasteiger partial charge in [-0.25, -0.2) is 0 Å². The molecule has 0 aliphatic rings. The van der Waals surface area contributed by atoms with E-state index in [4.69, 9.17) is 4.74 Å². The van der Waals surface area contributed by atoms with E-state index in [9.17, 15) is 4.79 Å². The van der Waals surface area contributed by atoms with Crippen molar-refractivity contribution < 1.29 is 9.53 Å². The summed E-state index contributed by atoms with van der Waals surface area (Å²) < 4.78 is 4.79. The Labute approximate surface area is 110 Å². The Bertz CT molecular complexity index is 438. The van der Waals surface area contributed by atoms with E-state index in [1.807, 2.05) is 13.8 Å². The van der Waals surface area contributed by atoms with Crippen LogP contribution in [0.15, 0.2) is 18.2 Å². The van der Waals surface area contributed by atoms with Crippen LogP contribution in [-0.4, -0.2) is 18.6 Å². The van der Waals surface area contributed by atoms with Crippen LogP contribution >= 0.6 is 0 Å². The minimum Gasteiger partial charge on any atom is -0.468 e. The smallest absolute Gasteiger partial charge is 0.325 e. The summed E-state index contributed by atoms with van der Waals surface area (Å²) in [5.41, 5.74) is 3.03. The van der Waals surface area contributed by atoms with Crippen LogP contribution in [0.5, 0.6) is 0 Å². The molecular weight excluding hydrogens is 226 g/mol. The maximum atomic E-state index is 11.6. The Morgan fingerprint density at radius 1 is 1.28 bits per heavy atom. The van der Waals surface area contributed by atoms with Gasteiger partial charge in [-0.05, 0) is 51.3 Å². The second kappa shape index (κ2) is 5.53. The Hall–Kier alpha value is -1.35. The normalized spacial score (nSPS) is 13.2. The summed E-state index contributed by atoms with van der Waals surface area (Å²) in [6, 6.07) is 6.44. The van der Waals surface area contributed by atoms with Crippen molar-refractivity contribution in [3.63, 3.8) is 0 Å². The van der Waals surface area contributed by atoms with Crippen molar-refractivity contribution in [3.05, 3.63) is 34.9 Å². The van der Waals surface area contributed by atoms with Crippen molar-refractivity contribution in [1.82, 2.24) is 5.32 Å². The fourth-order valence-corrected chi connectivity index (χ4v) is 1.97. The summed E-state index contributed by atoms with van der Waals surface area (Å²) in [5, 5.41) is 3.30. The topological polar surface area (TPSA) is 38.3 Å². The number of ether oxygens (including phenoxy) is 1. The number of methoxy groups -OCH3 is 1. The Morgan fingerprint density at radius 2 is 1.89 bits per heavy atom. The SMILES string of the molecule is COC(=O)C(C)(C)NC(C)c1ccc(C)c(C)c1. The van der Waals surface area contributed by atoms with Crippen molar-refractivity contribution >= 4 is 5.97 Å². The zero-order valence-corrected chi connectivity index (χ0v) is 12.1. The summed E-state index contributed by atoms with van der Waals surface area (Å²) in [6.45, 7) is 9.90. The highest BCUT2D eigenvalue weighted by molar-refractivity contribution is 5.79. The van der Waals surface area contributed by atoms with Gasteiger partial charge >= 0.3 is 5.97 Å². The molecule has 1 unspecified atom stereocenters. The van der Waals surface area contributed by atoms with Gasteiger partial charge < -0.3 is 4.74 Å². The highest BCUT2D eigenvalue weighted by atomic mass is 16.5. The molecule has 0 amide bonds. The summed E-state index contributed by atoms with van der Waals surface area (Å²) in [5.74, 6) is -0.252. The molecule has 0 fully saturated rings. The maximum Gasteiger partial charge on any atom is 0.325 e. The van der Waals surface area contributed by atoms with Gasteiger partial charge in [-0.15, -0.1) is 0 Å². The first-order chi connectivity index (χ1) is 8.27. The molecule has 0 radical (unpaired) electrons. The van der Waals surface area contributed by atoms with Crippen LogP contribution in [-0.2, 0) is 9.53 Å². The lowest BCUT2D eigenvalue weighted by atomic mass is 9.98. The summed E-state index contributed by atoms with van der Waals surface area (Å²) in [7, 11) is 1.41. The Kier molecular flexibility index (Phi) is 4.52. The summed E-state index contributed by atoms with van der Waals surface area (Å²) in [4.78, 5) is 11.6. The molecule has 1 aromatic carbocycles. The third-order valence-electron chi connectivity index (χ3n) is 3.30. The molecule has 0 aromatic heterocycles. The van der Waals surface area contributed by atoms with E-state index in [0.29, 0.717) is 0 Å². The molecule has 3 nitrogen and oxygen atoms in total. The number of nitrogens with one attached hydrogen (secondary N) is 1. The average Bonchev–Trinajstić information content (AvgIpc) is 2.30. The van der Waals surface area contributed by atoms with Gasteiger partial charge in [0.15, 0.2) is 0 Å². The fraction of sp³-hybridized carbons (Fsp3) is 0.533. The minimum absolute atomic E-state index is 0.0957. The van der Waals surface area contributed by atoms with E-state index in [1.165, 1.54) is 23.8 Å². The molecule has 0 saturated carbocycles. The van der Waals surface area contributed by atoms with Gasteiger partial charge in [0.05, 0.1) is 7.11 Å². The fourth-order valence-electron chi connectivity index (χ4n) is 1.97. The number of hydrogen-bond donors (Lipinski definition) is 1. The third kappa shape index (κ3) is 3.33. The summed E-state index contributed by atoms with van der Waals surface area (Å²) >= 11 is 0. The van der Waals surface area contributed by atoms with Crippen LogP contribution in [0.3, 0.4) is 0 Å². The largest absolute Gasteiger partial charge is 0.468 e. The lowest BCUT2D eigenvalue weighted by Gasteiger charge is -2.28. The van der Waals surface area contributed by atoms with Crippen molar-refractivity contribution in [3.8, 4) is 0 Å². The predicted octanol–water partition coefficient (Wildman–Crippen LogP) is 2.91. The van der Waals surface area contributed by atoms with Crippen molar-refractivity contribution in [1.29, 1.82) is 0 Å². The molecule has 0 bridgehead atoms. The molecule has 1 rings (SSSR count). The standard InChI is InChI=1S/C15H23NO2/c1-10-7-8-13(9-11(10)2)12(3)16-15(4,5)14(17)18-6/h7-9,12,16H,1-6H3. The second-order valence-corrected chi connectivity index (χ2v) is 5.33. The molecule has 18 heavy (non-hydrogen) atoms.